The van der Waals surface area contributed by atoms with Crippen LogP contribution in [0.1, 0.15) is 0 Å². The third-order valence-electron chi connectivity index (χ3n) is 2.72. The Kier molecular flexibility index (Phi) is 5.58. The fraction of sp³-hybridized carbons (Fsp3) is 0.154. The van der Waals surface area contributed by atoms with Crippen molar-refractivity contribution < 1.29 is 16.8 Å². The zero-order valence-corrected chi connectivity index (χ0v) is 14.2. The minimum atomic E-state index is -3.84. The van der Waals surface area contributed by atoms with E-state index in [1.54, 1.807) is 30.3 Å². The summed E-state index contributed by atoms with van der Waals surface area (Å²) in [6.45, 7) is -0.271. The highest BCUT2D eigenvalue weighted by Crippen LogP contribution is 2.11. The Labute approximate surface area is 139 Å². The van der Waals surface area contributed by atoms with Crippen molar-refractivity contribution in [1.82, 2.24) is 9.71 Å². The number of para-hydroxylation sites is 1. The number of nitrogens with one attached hydrogen (secondary N) is 2. The van der Waals surface area contributed by atoms with E-state index in [1.165, 1.54) is 12.1 Å². The van der Waals surface area contributed by atoms with E-state index < -0.39 is 25.8 Å². The van der Waals surface area contributed by atoms with Gasteiger partial charge in [-0.05, 0) is 24.3 Å². The molecule has 124 valence electrons. The molecule has 0 atom stereocenters. The van der Waals surface area contributed by atoms with Crippen LogP contribution >= 0.6 is 11.6 Å². The number of rotatable bonds is 7. The van der Waals surface area contributed by atoms with Crippen LogP contribution in [0.25, 0.3) is 0 Å². The van der Waals surface area contributed by atoms with Crippen molar-refractivity contribution in [2.24, 2.45) is 0 Å². The molecule has 0 radical (unpaired) electrons. The lowest BCUT2D eigenvalue weighted by atomic mass is 10.3. The van der Waals surface area contributed by atoms with E-state index in [1.807, 2.05) is 0 Å². The summed E-state index contributed by atoms with van der Waals surface area (Å²) in [7, 11) is -7.50. The third kappa shape index (κ3) is 5.47. The molecule has 0 fully saturated rings. The van der Waals surface area contributed by atoms with Crippen LogP contribution in [0, 0.1) is 0 Å². The Morgan fingerprint density at radius 2 is 1.70 bits per heavy atom. The van der Waals surface area contributed by atoms with E-state index in [9.17, 15) is 16.8 Å². The molecule has 0 amide bonds. The van der Waals surface area contributed by atoms with Crippen LogP contribution in [-0.4, -0.2) is 34.1 Å². The van der Waals surface area contributed by atoms with E-state index in [2.05, 4.69) is 14.4 Å². The molecule has 1 aromatic heterocycles. The molecule has 2 aromatic rings. The molecule has 0 unspecified atom stereocenters. The van der Waals surface area contributed by atoms with Gasteiger partial charge in [0.25, 0.3) is 0 Å². The van der Waals surface area contributed by atoms with Gasteiger partial charge in [0.15, 0.2) is 0 Å². The maximum atomic E-state index is 12.0. The first-order valence-corrected chi connectivity index (χ1v) is 9.97. The molecule has 7 nitrogen and oxygen atoms in total. The van der Waals surface area contributed by atoms with Crippen LogP contribution in [-0.2, 0) is 20.0 Å². The molecule has 10 heteroatoms. The molecule has 23 heavy (non-hydrogen) atoms. The number of benzene rings is 1. The predicted molar refractivity (Wildman–Crippen MR) is 88.3 cm³/mol. The van der Waals surface area contributed by atoms with Gasteiger partial charge >= 0.3 is 0 Å². The standard InChI is InChI=1S/C13H14ClN3O4S2/c14-13-7-6-12(10-15-13)23(20,21)16-8-9-22(18,19)17-11-4-2-1-3-5-11/h1-7,10,16-17H,8-9H2. The van der Waals surface area contributed by atoms with Gasteiger partial charge in [-0.1, -0.05) is 29.8 Å². The molecule has 1 aromatic carbocycles. The van der Waals surface area contributed by atoms with Gasteiger partial charge in [-0.25, -0.2) is 26.5 Å². The van der Waals surface area contributed by atoms with Gasteiger partial charge in [0, 0.05) is 18.4 Å². The first-order chi connectivity index (χ1) is 10.8. The number of sulfonamides is 2. The topological polar surface area (TPSA) is 105 Å². The molecule has 1 heterocycles. The van der Waals surface area contributed by atoms with Crippen molar-refractivity contribution >= 4 is 37.3 Å². The Morgan fingerprint density at radius 3 is 2.30 bits per heavy atom. The van der Waals surface area contributed by atoms with E-state index in [0.717, 1.165) is 6.20 Å². The average Bonchev–Trinajstić information content (AvgIpc) is 2.47. The van der Waals surface area contributed by atoms with Crippen molar-refractivity contribution in [2.45, 2.75) is 4.90 Å². The summed E-state index contributed by atoms with van der Waals surface area (Å²) < 4.78 is 52.3. The fourth-order valence-electron chi connectivity index (χ4n) is 1.65. The summed E-state index contributed by atoms with van der Waals surface area (Å²) >= 11 is 5.59. The SMILES string of the molecule is O=S(=O)(CCNS(=O)(=O)c1ccc(Cl)nc1)Nc1ccccc1. The maximum absolute atomic E-state index is 12.0. The van der Waals surface area contributed by atoms with Crippen molar-refractivity contribution in [3.05, 3.63) is 53.8 Å². The van der Waals surface area contributed by atoms with Crippen molar-refractivity contribution in [3.63, 3.8) is 0 Å². The second kappa shape index (κ2) is 7.26. The van der Waals surface area contributed by atoms with Gasteiger partial charge in [-0.3, -0.25) is 4.72 Å². The highest BCUT2D eigenvalue weighted by molar-refractivity contribution is 7.92. The molecule has 0 saturated carbocycles. The summed E-state index contributed by atoms with van der Waals surface area (Å²) in [5.74, 6) is -0.401. The highest BCUT2D eigenvalue weighted by Gasteiger charge is 2.16. The number of aromatic nitrogens is 1. The normalized spacial score (nSPS) is 12.0. The Hall–Kier alpha value is -1.68. The van der Waals surface area contributed by atoms with Crippen LogP contribution < -0.4 is 9.44 Å². The molecule has 2 rings (SSSR count). The van der Waals surface area contributed by atoms with E-state index >= 15 is 0 Å². The minimum Gasteiger partial charge on any atom is -0.284 e. The minimum absolute atomic E-state index is 0.0877. The first kappa shape index (κ1) is 17.7. The molecule has 0 aliphatic heterocycles. The molecule has 0 aliphatic rings. The quantitative estimate of drug-likeness (QED) is 0.712. The van der Waals surface area contributed by atoms with Gasteiger partial charge in [-0.15, -0.1) is 0 Å². The van der Waals surface area contributed by atoms with Crippen LogP contribution in [0.3, 0.4) is 0 Å². The largest absolute Gasteiger partial charge is 0.284 e. The van der Waals surface area contributed by atoms with Crippen molar-refractivity contribution in [1.29, 1.82) is 0 Å². The lowest BCUT2D eigenvalue weighted by molar-refractivity contribution is 0.581. The number of anilines is 1. The number of hydrogen-bond donors (Lipinski definition) is 2. The zero-order valence-electron chi connectivity index (χ0n) is 11.8. The monoisotopic (exact) mass is 375 g/mol. The van der Waals surface area contributed by atoms with Crippen LogP contribution in [0.4, 0.5) is 5.69 Å². The Bertz CT molecular complexity index is 854. The number of halogens is 1. The smallest absolute Gasteiger partial charge is 0.242 e. The van der Waals surface area contributed by atoms with Gasteiger partial charge in [-0.2, -0.15) is 0 Å². The molecule has 2 N–H and O–H groups in total. The van der Waals surface area contributed by atoms with Gasteiger partial charge in [0.05, 0.1) is 5.75 Å². The highest BCUT2D eigenvalue weighted by atomic mass is 35.5. The van der Waals surface area contributed by atoms with Crippen LogP contribution in [0.15, 0.2) is 53.6 Å². The third-order valence-corrected chi connectivity index (χ3v) is 5.68. The molecular formula is C13H14ClN3O4S2. The van der Waals surface area contributed by atoms with Crippen LogP contribution in [0.5, 0.6) is 0 Å². The second-order valence-electron chi connectivity index (χ2n) is 4.50. The van der Waals surface area contributed by atoms with E-state index in [0.29, 0.717) is 5.69 Å². The maximum Gasteiger partial charge on any atom is 0.242 e. The summed E-state index contributed by atoms with van der Waals surface area (Å²) in [5, 5.41) is 0.165. The number of pyridine rings is 1. The summed E-state index contributed by atoms with van der Waals surface area (Å²) in [4.78, 5) is 3.59. The van der Waals surface area contributed by atoms with E-state index in [-0.39, 0.29) is 16.6 Å². The number of nitrogens with zero attached hydrogens (tertiary/aromatic N) is 1. The Morgan fingerprint density at radius 1 is 1.00 bits per heavy atom. The molecular weight excluding hydrogens is 362 g/mol. The predicted octanol–water partition coefficient (Wildman–Crippen LogP) is 1.46. The lowest BCUT2D eigenvalue weighted by Crippen LogP contribution is -2.31. The zero-order chi connectivity index (χ0) is 16.9. The molecule has 0 aliphatic carbocycles. The molecule has 0 spiro atoms. The van der Waals surface area contributed by atoms with Gasteiger partial charge < -0.3 is 0 Å². The summed E-state index contributed by atoms with van der Waals surface area (Å²) in [5.41, 5.74) is 0.414. The summed E-state index contributed by atoms with van der Waals surface area (Å²) in [6, 6.07) is 11.0. The Balaban J connectivity index is 1.94. The number of hydrogen-bond acceptors (Lipinski definition) is 5. The van der Waals surface area contributed by atoms with Crippen LogP contribution in [0.2, 0.25) is 5.15 Å². The van der Waals surface area contributed by atoms with Crippen molar-refractivity contribution in [2.75, 3.05) is 17.0 Å². The fourth-order valence-corrected chi connectivity index (χ4v) is 3.84. The lowest BCUT2D eigenvalue weighted by Gasteiger charge is -2.09. The average molecular weight is 376 g/mol. The second-order valence-corrected chi connectivity index (χ2v) is 8.50. The summed E-state index contributed by atoms with van der Waals surface area (Å²) in [6.07, 6.45) is 1.10. The molecule has 0 saturated heterocycles. The van der Waals surface area contributed by atoms with Gasteiger partial charge in [0.1, 0.15) is 10.0 Å². The van der Waals surface area contributed by atoms with Gasteiger partial charge in [0.2, 0.25) is 20.0 Å². The van der Waals surface area contributed by atoms with Crippen molar-refractivity contribution in [3.8, 4) is 0 Å². The first-order valence-electron chi connectivity index (χ1n) is 6.45. The van der Waals surface area contributed by atoms with E-state index in [4.69, 9.17) is 11.6 Å². The molecule has 0 bridgehead atoms.